The third-order valence-electron chi connectivity index (χ3n) is 4.53. The van der Waals surface area contributed by atoms with Gasteiger partial charge >= 0.3 is 5.97 Å². The van der Waals surface area contributed by atoms with E-state index >= 15 is 0 Å². The number of phenolic OH excluding ortho intramolecular Hbond substituents is 1. The van der Waals surface area contributed by atoms with E-state index in [1.807, 2.05) is 0 Å². The van der Waals surface area contributed by atoms with Crippen LogP contribution in [0, 0.1) is 5.92 Å². The fourth-order valence-electron chi connectivity index (χ4n) is 2.90. The highest BCUT2D eigenvalue weighted by Gasteiger charge is 2.27. The number of rotatable bonds is 13. The lowest BCUT2D eigenvalue weighted by Crippen LogP contribution is -2.54. The SMILES string of the molecule is CC(C)CC(NC(=O)CNC(=O)C(CC(N)=O)NC(=O)C(N)Cc1ccc(O)cc1)C(=O)O. The number of benzene rings is 1. The third-order valence-corrected chi connectivity index (χ3v) is 4.53. The van der Waals surface area contributed by atoms with E-state index in [2.05, 4.69) is 16.0 Å². The molecule has 0 heterocycles. The number of carboxylic acids is 1. The zero-order valence-electron chi connectivity index (χ0n) is 18.5. The molecule has 0 radical (unpaired) electrons. The predicted octanol–water partition coefficient (Wildman–Crippen LogP) is -1.65. The summed E-state index contributed by atoms with van der Waals surface area (Å²) in [6.45, 7) is 3.03. The second-order valence-electron chi connectivity index (χ2n) is 8.01. The highest BCUT2D eigenvalue weighted by atomic mass is 16.4. The summed E-state index contributed by atoms with van der Waals surface area (Å²) in [6.07, 6.45) is -0.226. The van der Waals surface area contributed by atoms with Crippen LogP contribution in [-0.2, 0) is 30.4 Å². The van der Waals surface area contributed by atoms with Crippen LogP contribution in [-0.4, -0.2) is 64.5 Å². The van der Waals surface area contributed by atoms with Gasteiger partial charge in [-0.2, -0.15) is 0 Å². The Balaban J connectivity index is 2.68. The van der Waals surface area contributed by atoms with Gasteiger partial charge in [0.2, 0.25) is 23.6 Å². The topological polar surface area (TPSA) is 214 Å². The van der Waals surface area contributed by atoms with E-state index in [4.69, 9.17) is 11.5 Å². The van der Waals surface area contributed by atoms with E-state index in [1.54, 1.807) is 26.0 Å². The van der Waals surface area contributed by atoms with E-state index in [-0.39, 0.29) is 24.5 Å². The molecule has 0 aromatic heterocycles. The molecule has 1 rings (SSSR count). The van der Waals surface area contributed by atoms with Crippen molar-refractivity contribution in [2.24, 2.45) is 17.4 Å². The van der Waals surface area contributed by atoms with Crippen LogP contribution in [0.15, 0.2) is 24.3 Å². The predicted molar refractivity (Wildman–Crippen MR) is 118 cm³/mol. The molecule has 0 aliphatic carbocycles. The first kappa shape index (κ1) is 27.4. The Labute approximate surface area is 191 Å². The van der Waals surface area contributed by atoms with Gasteiger partial charge < -0.3 is 37.6 Å². The minimum Gasteiger partial charge on any atom is -0.508 e. The lowest BCUT2D eigenvalue weighted by atomic mass is 10.0. The van der Waals surface area contributed by atoms with Crippen LogP contribution in [0.1, 0.15) is 32.3 Å². The van der Waals surface area contributed by atoms with Gasteiger partial charge in [0.05, 0.1) is 19.0 Å². The van der Waals surface area contributed by atoms with Crippen molar-refractivity contribution in [2.45, 2.75) is 51.2 Å². The lowest BCUT2D eigenvalue weighted by molar-refractivity contribution is -0.142. The highest BCUT2D eigenvalue weighted by molar-refractivity contribution is 5.95. The maximum absolute atomic E-state index is 12.4. The Bertz CT molecular complexity index is 857. The minimum atomic E-state index is -1.38. The third kappa shape index (κ3) is 10.5. The number of primary amides is 1. The molecule has 0 bridgehead atoms. The molecule has 33 heavy (non-hydrogen) atoms. The number of amides is 4. The molecule has 0 fully saturated rings. The smallest absolute Gasteiger partial charge is 0.326 e. The van der Waals surface area contributed by atoms with Crippen molar-refractivity contribution in [3.63, 3.8) is 0 Å². The van der Waals surface area contributed by atoms with Gasteiger partial charge in [0.15, 0.2) is 0 Å². The number of hydrogen-bond acceptors (Lipinski definition) is 7. The Morgan fingerprint density at radius 3 is 2.09 bits per heavy atom. The van der Waals surface area contributed by atoms with Gasteiger partial charge in [0.1, 0.15) is 17.8 Å². The number of carbonyl (C=O) groups excluding carboxylic acids is 4. The van der Waals surface area contributed by atoms with Crippen molar-refractivity contribution < 1.29 is 34.2 Å². The molecule has 0 saturated heterocycles. The number of carboxylic acid groups (broad SMARTS) is 1. The Morgan fingerprint density at radius 1 is 0.970 bits per heavy atom. The van der Waals surface area contributed by atoms with Gasteiger partial charge in [-0.05, 0) is 36.5 Å². The summed E-state index contributed by atoms with van der Waals surface area (Å²) in [5, 5.41) is 25.4. The van der Waals surface area contributed by atoms with Gasteiger partial charge in [-0.3, -0.25) is 19.2 Å². The van der Waals surface area contributed by atoms with Crippen LogP contribution in [0.3, 0.4) is 0 Å². The van der Waals surface area contributed by atoms with Crippen molar-refractivity contribution in [3.8, 4) is 5.75 Å². The highest BCUT2D eigenvalue weighted by Crippen LogP contribution is 2.11. The van der Waals surface area contributed by atoms with E-state index in [9.17, 15) is 34.2 Å². The van der Waals surface area contributed by atoms with Gasteiger partial charge in [0, 0.05) is 0 Å². The van der Waals surface area contributed by atoms with Crippen molar-refractivity contribution in [2.75, 3.05) is 6.54 Å². The van der Waals surface area contributed by atoms with Gasteiger partial charge in [0.25, 0.3) is 0 Å². The molecule has 0 aliphatic heterocycles. The Morgan fingerprint density at radius 2 is 1.58 bits per heavy atom. The second kappa shape index (κ2) is 13.0. The average Bonchev–Trinajstić information content (AvgIpc) is 2.71. The largest absolute Gasteiger partial charge is 0.508 e. The number of aliphatic carboxylic acids is 1. The van der Waals surface area contributed by atoms with Crippen molar-refractivity contribution in [3.05, 3.63) is 29.8 Å². The molecular weight excluding hydrogens is 434 g/mol. The fraction of sp³-hybridized carbons (Fsp3) is 0.476. The van der Waals surface area contributed by atoms with Crippen LogP contribution < -0.4 is 27.4 Å². The zero-order valence-corrected chi connectivity index (χ0v) is 18.5. The summed E-state index contributed by atoms with van der Waals surface area (Å²) in [5.74, 6) is -4.33. The molecule has 12 heteroatoms. The van der Waals surface area contributed by atoms with Crippen LogP contribution in [0.4, 0.5) is 0 Å². The van der Waals surface area contributed by atoms with Gasteiger partial charge in [-0.1, -0.05) is 26.0 Å². The second-order valence-corrected chi connectivity index (χ2v) is 8.01. The van der Waals surface area contributed by atoms with Crippen LogP contribution in [0.5, 0.6) is 5.75 Å². The fourth-order valence-corrected chi connectivity index (χ4v) is 2.90. The number of hydrogen-bond donors (Lipinski definition) is 7. The first-order valence-electron chi connectivity index (χ1n) is 10.3. The lowest BCUT2D eigenvalue weighted by Gasteiger charge is -2.20. The average molecular weight is 466 g/mol. The number of aromatic hydroxyl groups is 1. The summed E-state index contributed by atoms with van der Waals surface area (Å²) in [5.41, 5.74) is 11.7. The summed E-state index contributed by atoms with van der Waals surface area (Å²) in [7, 11) is 0. The minimum absolute atomic E-state index is 0.0157. The van der Waals surface area contributed by atoms with Crippen LogP contribution in [0.2, 0.25) is 0 Å². The summed E-state index contributed by atoms with van der Waals surface area (Å²) in [4.78, 5) is 59.5. The summed E-state index contributed by atoms with van der Waals surface area (Å²) >= 11 is 0. The van der Waals surface area contributed by atoms with Crippen molar-refractivity contribution in [1.29, 1.82) is 0 Å². The quantitative estimate of drug-likeness (QED) is 0.179. The molecule has 1 aromatic rings. The van der Waals surface area contributed by atoms with Crippen molar-refractivity contribution >= 4 is 29.6 Å². The molecule has 3 unspecified atom stereocenters. The van der Waals surface area contributed by atoms with Gasteiger partial charge in [-0.15, -0.1) is 0 Å². The molecule has 4 amide bonds. The maximum Gasteiger partial charge on any atom is 0.326 e. The van der Waals surface area contributed by atoms with Crippen LogP contribution in [0.25, 0.3) is 0 Å². The van der Waals surface area contributed by atoms with Gasteiger partial charge in [-0.25, -0.2) is 4.79 Å². The number of nitrogens with one attached hydrogen (secondary N) is 3. The molecule has 3 atom stereocenters. The normalized spacial score (nSPS) is 13.5. The number of nitrogens with two attached hydrogens (primary N) is 2. The molecule has 9 N–H and O–H groups in total. The maximum atomic E-state index is 12.4. The Hall–Kier alpha value is -3.67. The van der Waals surface area contributed by atoms with E-state index in [0.29, 0.717) is 5.56 Å². The first-order valence-corrected chi connectivity index (χ1v) is 10.3. The molecule has 182 valence electrons. The molecule has 0 aliphatic rings. The summed E-state index contributed by atoms with van der Waals surface area (Å²) in [6, 6.07) is 2.48. The van der Waals surface area contributed by atoms with E-state index in [0.717, 1.165) is 0 Å². The Kier molecular flexibility index (Phi) is 10.8. The van der Waals surface area contributed by atoms with E-state index < -0.39 is 60.7 Å². The molecule has 0 saturated carbocycles. The molecule has 0 spiro atoms. The van der Waals surface area contributed by atoms with Crippen molar-refractivity contribution in [1.82, 2.24) is 16.0 Å². The monoisotopic (exact) mass is 465 g/mol. The molecule has 12 nitrogen and oxygen atoms in total. The van der Waals surface area contributed by atoms with E-state index in [1.165, 1.54) is 12.1 Å². The number of carbonyl (C=O) groups is 5. The van der Waals surface area contributed by atoms with Crippen LogP contribution >= 0.6 is 0 Å². The standard InChI is InChI=1S/C21H31N5O7/c1-11(2)7-16(21(32)33)25-18(29)10-24-20(31)15(9-17(23)28)26-19(30)14(22)8-12-3-5-13(27)6-4-12/h3-6,11,14-16,27H,7-10,22H2,1-2H3,(H2,23,28)(H,24,31)(H,25,29)(H,26,30)(H,32,33). The number of phenols is 1. The zero-order chi connectivity index (χ0) is 25.1. The molecule has 1 aromatic carbocycles. The first-order chi connectivity index (χ1) is 15.4. The summed E-state index contributed by atoms with van der Waals surface area (Å²) < 4.78 is 0. The molecular formula is C21H31N5O7.